The van der Waals surface area contributed by atoms with Crippen molar-refractivity contribution in [3.63, 3.8) is 0 Å². The molecule has 1 heterocycles. The Balaban J connectivity index is 1.63. The fourth-order valence-corrected chi connectivity index (χ4v) is 6.50. The van der Waals surface area contributed by atoms with Gasteiger partial charge in [0.25, 0.3) is 15.9 Å². The number of carbonyl (C=O) groups is 2. The number of amides is 2. The van der Waals surface area contributed by atoms with Gasteiger partial charge < -0.3 is 14.6 Å². The molecule has 0 saturated heterocycles. The van der Waals surface area contributed by atoms with E-state index in [2.05, 4.69) is 10.3 Å². The highest BCUT2D eigenvalue weighted by Crippen LogP contribution is 2.32. The van der Waals surface area contributed by atoms with Gasteiger partial charge in [-0.3, -0.25) is 4.79 Å². The van der Waals surface area contributed by atoms with Crippen molar-refractivity contribution < 1.29 is 40.3 Å². The standard InChI is InChI=1S/C36H40F4N4O5S/c1-5-11-32-42-30(6-2)33(34(45)41-21-25-12-7-9-14-28(25)36(38,39)40)44(32)22-26-17-16-24(20-29(26)37)27-13-8-10-15-31(27)50(47,48)43-35(46)49-19-18-23(3)4/h7-10,12-17,20,23H,5-6,11,18-19,21-22H2,1-4H3,(H,41,45)(H,43,46). The number of carbonyl (C=O) groups excluding carboxylic acids is 2. The number of aryl methyl sites for hydroxylation is 2. The average molecular weight is 717 g/mol. The molecule has 0 fully saturated rings. The summed E-state index contributed by atoms with van der Waals surface area (Å²) in [5, 5.41) is 2.59. The van der Waals surface area contributed by atoms with Gasteiger partial charge in [-0.1, -0.05) is 76.2 Å². The fraction of sp³-hybridized carbons (Fsp3) is 0.361. The number of halogens is 4. The monoisotopic (exact) mass is 716 g/mol. The normalized spacial score (nSPS) is 11.9. The minimum atomic E-state index is -4.60. The Bertz CT molecular complexity index is 1940. The number of alkyl halides is 3. The first kappa shape index (κ1) is 38.1. The number of benzene rings is 3. The summed E-state index contributed by atoms with van der Waals surface area (Å²) >= 11 is 0. The molecule has 0 radical (unpaired) electrons. The number of rotatable bonds is 14. The van der Waals surface area contributed by atoms with Crippen molar-refractivity contribution in [2.45, 2.75) is 77.5 Å². The highest BCUT2D eigenvalue weighted by molar-refractivity contribution is 7.90. The number of ether oxygens (including phenoxy) is 1. The lowest BCUT2D eigenvalue weighted by atomic mass is 10.0. The summed E-state index contributed by atoms with van der Waals surface area (Å²) < 4.78 is 91.3. The van der Waals surface area contributed by atoms with E-state index >= 15 is 4.39 Å². The molecule has 2 N–H and O–H groups in total. The molecule has 3 aromatic carbocycles. The average Bonchev–Trinajstić information content (AvgIpc) is 3.40. The van der Waals surface area contributed by atoms with E-state index in [4.69, 9.17) is 4.74 Å². The number of hydrogen-bond donors (Lipinski definition) is 2. The summed E-state index contributed by atoms with van der Waals surface area (Å²) in [6.07, 6.45) is -3.72. The van der Waals surface area contributed by atoms with Gasteiger partial charge in [0.2, 0.25) is 0 Å². The Morgan fingerprint density at radius 1 is 0.980 bits per heavy atom. The maximum atomic E-state index is 15.8. The Morgan fingerprint density at radius 3 is 2.34 bits per heavy atom. The summed E-state index contributed by atoms with van der Waals surface area (Å²) in [5.74, 6) is -0.593. The molecule has 0 unspecified atom stereocenters. The molecule has 0 atom stereocenters. The first-order chi connectivity index (χ1) is 23.7. The molecule has 50 heavy (non-hydrogen) atoms. The molecular weight excluding hydrogens is 676 g/mol. The van der Waals surface area contributed by atoms with Gasteiger partial charge in [-0.05, 0) is 54.5 Å². The second-order valence-electron chi connectivity index (χ2n) is 12.1. The quantitative estimate of drug-likeness (QED) is 0.129. The highest BCUT2D eigenvalue weighted by Gasteiger charge is 2.33. The van der Waals surface area contributed by atoms with Crippen LogP contribution in [0.4, 0.5) is 22.4 Å². The third-order valence-electron chi connectivity index (χ3n) is 7.92. The zero-order valence-corrected chi connectivity index (χ0v) is 29.1. The van der Waals surface area contributed by atoms with Crippen molar-refractivity contribution in [3.8, 4) is 11.1 Å². The summed E-state index contributed by atoms with van der Waals surface area (Å²) in [6.45, 7) is 7.10. The van der Waals surface area contributed by atoms with Gasteiger partial charge in [0.1, 0.15) is 17.3 Å². The van der Waals surface area contributed by atoms with Gasteiger partial charge in [0, 0.05) is 24.1 Å². The van der Waals surface area contributed by atoms with Crippen LogP contribution in [0.3, 0.4) is 0 Å². The van der Waals surface area contributed by atoms with Crippen LogP contribution in [-0.4, -0.2) is 36.6 Å². The van der Waals surface area contributed by atoms with Gasteiger partial charge in [0.05, 0.1) is 29.3 Å². The van der Waals surface area contributed by atoms with Crippen LogP contribution in [0.25, 0.3) is 11.1 Å². The second-order valence-corrected chi connectivity index (χ2v) is 13.7. The fourth-order valence-electron chi connectivity index (χ4n) is 5.38. The lowest BCUT2D eigenvalue weighted by molar-refractivity contribution is -0.138. The SMILES string of the molecule is CCCc1nc(CC)c(C(=O)NCc2ccccc2C(F)(F)F)n1Cc1ccc(-c2ccccc2S(=O)(=O)NC(=O)OCCC(C)C)cc1F. The zero-order chi connectivity index (χ0) is 36.6. The van der Waals surface area contributed by atoms with Crippen molar-refractivity contribution in [1.29, 1.82) is 0 Å². The molecule has 0 spiro atoms. The van der Waals surface area contributed by atoms with Crippen LogP contribution >= 0.6 is 0 Å². The van der Waals surface area contributed by atoms with Crippen LogP contribution in [0.1, 0.15) is 79.2 Å². The molecule has 0 aliphatic rings. The number of nitrogens with zero attached hydrogens (tertiary/aromatic N) is 2. The lowest BCUT2D eigenvalue weighted by Gasteiger charge is -2.16. The largest absolute Gasteiger partial charge is 0.449 e. The smallest absolute Gasteiger partial charge is 0.421 e. The minimum Gasteiger partial charge on any atom is -0.449 e. The molecule has 268 valence electrons. The number of imidazole rings is 1. The van der Waals surface area contributed by atoms with E-state index in [1.54, 1.807) is 17.6 Å². The van der Waals surface area contributed by atoms with Crippen LogP contribution in [-0.2, 0) is 46.9 Å². The third-order valence-corrected chi connectivity index (χ3v) is 9.29. The van der Waals surface area contributed by atoms with Crippen LogP contribution in [0.2, 0.25) is 0 Å². The Labute approximate surface area is 289 Å². The van der Waals surface area contributed by atoms with Crippen molar-refractivity contribution in [1.82, 2.24) is 19.6 Å². The van der Waals surface area contributed by atoms with Crippen LogP contribution in [0.5, 0.6) is 0 Å². The maximum Gasteiger partial charge on any atom is 0.421 e. The van der Waals surface area contributed by atoms with E-state index < -0.39 is 39.6 Å². The van der Waals surface area contributed by atoms with E-state index in [0.717, 1.165) is 12.1 Å². The van der Waals surface area contributed by atoms with E-state index in [9.17, 15) is 31.2 Å². The van der Waals surface area contributed by atoms with Crippen molar-refractivity contribution >= 4 is 22.0 Å². The summed E-state index contributed by atoms with van der Waals surface area (Å²) in [7, 11) is -4.39. The minimum absolute atomic E-state index is 0.0410. The Kier molecular flexibility index (Phi) is 12.4. The zero-order valence-electron chi connectivity index (χ0n) is 28.2. The van der Waals surface area contributed by atoms with E-state index in [-0.39, 0.29) is 58.5 Å². The Hall–Kier alpha value is -4.72. The molecular formula is C36H40F4N4O5S. The number of aromatic nitrogens is 2. The molecule has 0 saturated carbocycles. The van der Waals surface area contributed by atoms with Crippen LogP contribution in [0, 0.1) is 11.7 Å². The molecule has 1 aromatic heterocycles. The van der Waals surface area contributed by atoms with Crippen molar-refractivity contribution in [2.75, 3.05) is 6.61 Å². The van der Waals surface area contributed by atoms with Gasteiger partial charge in [-0.25, -0.2) is 27.3 Å². The molecule has 14 heteroatoms. The van der Waals surface area contributed by atoms with E-state index in [1.165, 1.54) is 48.5 Å². The molecule has 0 aliphatic carbocycles. The van der Waals surface area contributed by atoms with Crippen molar-refractivity contribution in [2.24, 2.45) is 5.92 Å². The van der Waals surface area contributed by atoms with Gasteiger partial charge >= 0.3 is 12.3 Å². The predicted molar refractivity (Wildman–Crippen MR) is 180 cm³/mol. The topological polar surface area (TPSA) is 119 Å². The van der Waals surface area contributed by atoms with Gasteiger partial charge in [-0.2, -0.15) is 13.2 Å². The number of hydrogen-bond acceptors (Lipinski definition) is 6. The predicted octanol–water partition coefficient (Wildman–Crippen LogP) is 7.66. The number of sulfonamides is 1. The summed E-state index contributed by atoms with van der Waals surface area (Å²) in [4.78, 5) is 30.1. The molecule has 2 amide bonds. The highest BCUT2D eigenvalue weighted by atomic mass is 32.2. The molecule has 9 nitrogen and oxygen atoms in total. The maximum absolute atomic E-state index is 15.8. The van der Waals surface area contributed by atoms with Gasteiger partial charge in [0.15, 0.2) is 0 Å². The summed E-state index contributed by atoms with van der Waals surface area (Å²) in [5.41, 5.74) is 0.0963. The molecule has 4 aromatic rings. The number of nitrogens with one attached hydrogen (secondary N) is 2. The molecule has 0 bridgehead atoms. The first-order valence-corrected chi connectivity index (χ1v) is 17.7. The molecule has 0 aliphatic heterocycles. The Morgan fingerprint density at radius 2 is 1.68 bits per heavy atom. The lowest BCUT2D eigenvalue weighted by Crippen LogP contribution is -2.31. The van der Waals surface area contributed by atoms with E-state index in [1.807, 2.05) is 25.5 Å². The van der Waals surface area contributed by atoms with Crippen LogP contribution in [0.15, 0.2) is 71.6 Å². The summed E-state index contributed by atoms with van der Waals surface area (Å²) in [6, 6.07) is 14.9. The van der Waals surface area contributed by atoms with Crippen molar-refractivity contribution in [3.05, 3.63) is 106 Å². The van der Waals surface area contributed by atoms with E-state index in [0.29, 0.717) is 37.2 Å². The second kappa shape index (κ2) is 16.3. The van der Waals surface area contributed by atoms with Gasteiger partial charge in [-0.15, -0.1) is 0 Å². The third kappa shape index (κ3) is 9.29. The van der Waals surface area contributed by atoms with Crippen LogP contribution < -0.4 is 10.0 Å². The molecule has 4 rings (SSSR count). The first-order valence-electron chi connectivity index (χ1n) is 16.2.